The number of para-hydroxylation sites is 1. The fraction of sp³-hybridized carbons (Fsp3) is 0. The zero-order chi connectivity index (χ0) is 77.3. The number of hydrogen-bond acceptors (Lipinski definition) is 2. The van der Waals surface area contributed by atoms with Crippen LogP contribution in [0.2, 0.25) is 0 Å². The molecule has 2 heteroatoms. The van der Waals surface area contributed by atoms with Crippen LogP contribution in [0.1, 0.15) is 13.7 Å². The van der Waals surface area contributed by atoms with E-state index in [1.807, 2.05) is 115 Å². The number of hydrogen-bond donors (Lipinski definition) is 0. The van der Waals surface area contributed by atoms with E-state index in [-0.39, 0.29) is 59.5 Å². The molecule has 0 amide bonds. The van der Waals surface area contributed by atoms with E-state index in [4.69, 9.17) is 22.5 Å². The maximum atomic E-state index is 9.01. The van der Waals surface area contributed by atoms with Crippen LogP contribution < -0.4 is 0 Å². The Bertz CT molecular complexity index is 7440. The maximum absolute atomic E-state index is 9.01. The van der Waals surface area contributed by atoms with Gasteiger partial charge in [-0.15, -0.1) is 0 Å². The Morgan fingerprint density at radius 1 is 0.163 bits per heavy atom. The first-order valence-electron chi connectivity index (χ1n) is 40.0. The Balaban J connectivity index is 0.000000149. The van der Waals surface area contributed by atoms with Gasteiger partial charge < -0.3 is 8.83 Å². The Morgan fingerprint density at radius 3 is 1.03 bits per heavy atom. The third-order valence-corrected chi connectivity index (χ3v) is 20.7. The van der Waals surface area contributed by atoms with Crippen molar-refractivity contribution in [3.8, 4) is 100 Å². The molecule has 19 aromatic carbocycles. The summed E-state index contributed by atoms with van der Waals surface area (Å²) >= 11 is 0. The lowest BCUT2D eigenvalue weighted by molar-refractivity contribution is 0.668. The second-order valence-corrected chi connectivity index (χ2v) is 26.4. The van der Waals surface area contributed by atoms with Crippen molar-refractivity contribution < 1.29 is 22.5 Å². The predicted octanol–water partition coefficient (Wildman–Crippen LogP) is 29.1. The molecule has 104 heavy (non-hydrogen) atoms. The topological polar surface area (TPSA) is 26.3 Å². The van der Waals surface area contributed by atoms with Crippen LogP contribution in [0.25, 0.3) is 209 Å². The van der Waals surface area contributed by atoms with Gasteiger partial charge in [-0.25, -0.2) is 0 Å². The van der Waals surface area contributed by atoms with E-state index >= 15 is 0 Å². The Hall–Kier alpha value is -13.7. The summed E-state index contributed by atoms with van der Waals surface area (Å²) in [5.41, 5.74) is 20.2. The summed E-state index contributed by atoms with van der Waals surface area (Å²) in [6.07, 6.45) is 0. The van der Waals surface area contributed by atoms with Crippen LogP contribution >= 0.6 is 0 Å². The van der Waals surface area contributed by atoms with Crippen LogP contribution in [-0.4, -0.2) is 0 Å². The zero-order valence-electron chi connectivity index (χ0n) is 66.0. The van der Waals surface area contributed by atoms with E-state index in [0.29, 0.717) is 11.1 Å². The van der Waals surface area contributed by atoms with E-state index < -0.39 is 12.1 Å². The lowest BCUT2D eigenvalue weighted by atomic mass is 9.83. The van der Waals surface area contributed by atoms with Crippen molar-refractivity contribution in [1.29, 1.82) is 0 Å². The second-order valence-electron chi connectivity index (χ2n) is 26.4. The molecular formula is C102H64O2. The van der Waals surface area contributed by atoms with Gasteiger partial charge in [0, 0.05) is 27.1 Å². The van der Waals surface area contributed by atoms with Gasteiger partial charge in [-0.1, -0.05) is 352 Å². The Morgan fingerprint density at radius 2 is 0.510 bits per heavy atom. The van der Waals surface area contributed by atoms with Crippen LogP contribution in [0, 0.1) is 0 Å². The van der Waals surface area contributed by atoms with E-state index in [1.54, 1.807) is 0 Å². The number of fused-ring (bicyclic) bond motifs is 12. The van der Waals surface area contributed by atoms with Crippen molar-refractivity contribution >= 4 is 109 Å². The van der Waals surface area contributed by atoms with Gasteiger partial charge >= 0.3 is 0 Å². The highest BCUT2D eigenvalue weighted by atomic mass is 16.3. The highest BCUT2D eigenvalue weighted by molar-refractivity contribution is 6.27. The summed E-state index contributed by atoms with van der Waals surface area (Å²) in [5.74, 6) is 0. The fourth-order valence-electron chi connectivity index (χ4n) is 16.3. The molecule has 0 atom stereocenters. The van der Waals surface area contributed by atoms with E-state index in [2.05, 4.69) is 212 Å². The third-order valence-electron chi connectivity index (χ3n) is 20.7. The summed E-state index contributed by atoms with van der Waals surface area (Å²) in [5, 5.41) is 15.6. The molecule has 0 aliphatic carbocycles. The highest BCUT2D eigenvalue weighted by Gasteiger charge is 2.25. The van der Waals surface area contributed by atoms with Crippen LogP contribution in [-0.2, 0) is 0 Å². The molecule has 21 rings (SSSR count). The lowest BCUT2D eigenvalue weighted by Gasteiger charge is -2.20. The quantitative estimate of drug-likeness (QED) is 0.135. The van der Waals surface area contributed by atoms with Crippen molar-refractivity contribution in [1.82, 2.24) is 0 Å². The molecule has 0 N–H and O–H groups in total. The Labute approximate surface area is 615 Å². The molecule has 0 spiro atoms. The van der Waals surface area contributed by atoms with Gasteiger partial charge in [0.15, 0.2) is 0 Å². The zero-order valence-corrected chi connectivity index (χ0v) is 56.0. The van der Waals surface area contributed by atoms with Crippen molar-refractivity contribution in [2.24, 2.45) is 0 Å². The summed E-state index contributed by atoms with van der Waals surface area (Å²) in [6.45, 7) is 0. The SMILES string of the molecule is [2H]c1c([2H])c([2H])c(-c2c3ccccc3c(-c3cccc4c(-c5c(-c6cccc(-c7ccccc7)c6)ccc6oc7ccccc7c56)cccc34)c3ccccc23)c([2H])c1[2H].[2H]c1c([2H])c([2H])c(-c2c3ccccc3c(-c3cccc4c(-c5cccc6oc7cc(-c8ccccc8)ccc7c56)cccc34)c3ccccc23)c([2H])c1[2H]. The first-order valence-corrected chi connectivity index (χ1v) is 35.0. The van der Waals surface area contributed by atoms with Gasteiger partial charge in [-0.2, -0.15) is 0 Å². The van der Waals surface area contributed by atoms with Crippen molar-refractivity contribution in [3.05, 3.63) is 388 Å². The molecule has 21 aromatic rings. The number of benzene rings is 19. The van der Waals surface area contributed by atoms with Gasteiger partial charge in [0.2, 0.25) is 0 Å². The normalized spacial score (nSPS) is 13.0. The van der Waals surface area contributed by atoms with Crippen LogP contribution in [0.4, 0.5) is 0 Å². The molecule has 484 valence electrons. The van der Waals surface area contributed by atoms with Crippen molar-refractivity contribution in [3.63, 3.8) is 0 Å². The van der Waals surface area contributed by atoms with Gasteiger partial charge in [0.1, 0.15) is 22.3 Å². The van der Waals surface area contributed by atoms with Gasteiger partial charge in [-0.3, -0.25) is 0 Å². The minimum absolute atomic E-state index is 0.199. The van der Waals surface area contributed by atoms with Gasteiger partial charge in [-0.05, 0) is 196 Å². The van der Waals surface area contributed by atoms with Crippen LogP contribution in [0.5, 0.6) is 0 Å². The molecular weight excluding hydrogens is 1260 g/mol. The third kappa shape index (κ3) is 10.0. The largest absolute Gasteiger partial charge is 0.456 e. The molecule has 0 unspecified atom stereocenters. The standard InChI is InChI=1S/C54H34O.C48H30O/c1-3-16-35(17-4-1)37-20-13-21-38(34-37)39-32-33-50-54(48-26-11-12-31-49(48)55-50)53(39)43-30-15-27-40-41(43)28-14-29-42(40)52-46-24-9-7-22-44(46)51(36-18-5-2-6-19-36)45-23-8-10-25-47(45)52;1-3-14-31(15-4-1)33-28-29-43-45(30-33)49-44-27-13-26-38(48(43)44)36-24-11-23-35-34(36)22-12-25-37(35)47-41-20-9-7-18-39(41)46(32-16-5-2-6-17-32)40-19-8-10-21-42(40)47/h1-34H;1-30H/i2D,5D,6D,18D,19D;2D,5D,6D,16D,17D. The molecule has 0 saturated carbocycles. The lowest BCUT2D eigenvalue weighted by Crippen LogP contribution is -1.93. The minimum Gasteiger partial charge on any atom is -0.456 e. The average molecular weight is 1330 g/mol. The molecule has 0 bridgehead atoms. The summed E-state index contributed by atoms with van der Waals surface area (Å²) in [4.78, 5) is 0. The van der Waals surface area contributed by atoms with Crippen LogP contribution in [0.15, 0.2) is 397 Å². The molecule has 2 aromatic heterocycles. The molecule has 0 aliphatic heterocycles. The minimum atomic E-state index is -0.406. The molecule has 0 fully saturated rings. The molecule has 2 nitrogen and oxygen atoms in total. The maximum Gasteiger partial charge on any atom is 0.136 e. The molecule has 0 radical (unpaired) electrons. The van der Waals surface area contributed by atoms with Crippen LogP contribution in [0.3, 0.4) is 0 Å². The fourth-order valence-corrected chi connectivity index (χ4v) is 16.3. The first-order chi connectivity index (χ1) is 55.8. The first kappa shape index (κ1) is 50.6. The molecule has 0 saturated heterocycles. The summed E-state index contributed by atoms with van der Waals surface area (Å²) in [6, 6.07) is 110. The monoisotopic (exact) mass is 1330 g/mol. The van der Waals surface area contributed by atoms with Gasteiger partial charge in [0.25, 0.3) is 0 Å². The van der Waals surface area contributed by atoms with E-state index in [1.165, 1.54) is 0 Å². The highest BCUT2D eigenvalue weighted by Crippen LogP contribution is 2.52. The Kier molecular flexibility index (Phi) is 12.3. The van der Waals surface area contributed by atoms with Gasteiger partial charge in [0.05, 0.1) is 13.7 Å². The summed E-state index contributed by atoms with van der Waals surface area (Å²) < 4.78 is 99.5. The number of furan rings is 2. The smallest absolute Gasteiger partial charge is 0.136 e. The number of rotatable bonds is 9. The van der Waals surface area contributed by atoms with E-state index in [0.717, 1.165) is 186 Å². The average Bonchev–Trinajstić information content (AvgIpc) is 0.884. The molecule has 0 aliphatic rings. The second kappa shape index (κ2) is 25.2. The summed E-state index contributed by atoms with van der Waals surface area (Å²) in [7, 11) is 0. The van der Waals surface area contributed by atoms with Crippen molar-refractivity contribution in [2.75, 3.05) is 0 Å². The predicted molar refractivity (Wildman–Crippen MR) is 441 cm³/mol. The molecule has 2 heterocycles. The van der Waals surface area contributed by atoms with Crippen molar-refractivity contribution in [2.45, 2.75) is 0 Å². The van der Waals surface area contributed by atoms with E-state index in [9.17, 15) is 0 Å².